The highest BCUT2D eigenvalue weighted by molar-refractivity contribution is 6.31. The normalized spacial score (nSPS) is 17.5. The minimum atomic E-state index is -0.168. The van der Waals surface area contributed by atoms with Crippen LogP contribution in [0.25, 0.3) is 0 Å². The van der Waals surface area contributed by atoms with Crippen LogP contribution in [0.2, 0.25) is 5.02 Å². The first-order valence-electron chi connectivity index (χ1n) is 6.79. The van der Waals surface area contributed by atoms with E-state index in [4.69, 9.17) is 11.6 Å². The Labute approximate surface area is 128 Å². The lowest BCUT2D eigenvalue weighted by atomic mass is 9.94. The third-order valence-corrected chi connectivity index (χ3v) is 3.91. The van der Waals surface area contributed by atoms with Gasteiger partial charge in [-0.2, -0.15) is 0 Å². The maximum Gasteiger partial charge on any atom is 0.258 e. The van der Waals surface area contributed by atoms with Gasteiger partial charge in [0.1, 0.15) is 0 Å². The Morgan fingerprint density at radius 3 is 2.62 bits per heavy atom. The summed E-state index contributed by atoms with van der Waals surface area (Å²) in [5.41, 5.74) is 1.77. The molecule has 1 amide bonds. The Bertz CT molecular complexity index is 712. The van der Waals surface area contributed by atoms with E-state index in [-0.39, 0.29) is 17.7 Å². The van der Waals surface area contributed by atoms with Crippen LogP contribution in [0.4, 0.5) is 5.69 Å². The van der Waals surface area contributed by atoms with Gasteiger partial charge < -0.3 is 4.90 Å². The lowest BCUT2D eigenvalue weighted by Crippen LogP contribution is -2.43. The molecule has 2 aromatic rings. The third-order valence-electron chi connectivity index (χ3n) is 3.68. The summed E-state index contributed by atoms with van der Waals surface area (Å²) in [5, 5.41) is 0.503. The minimum absolute atomic E-state index is 0.0251. The number of ketones is 1. The molecule has 1 atom stereocenters. The predicted octanol–water partition coefficient (Wildman–Crippen LogP) is 3.96. The van der Waals surface area contributed by atoms with Crippen LogP contribution in [0.3, 0.4) is 0 Å². The number of hydrogen-bond donors (Lipinski definition) is 0. The molecule has 3 rings (SSSR count). The quantitative estimate of drug-likeness (QED) is 0.799. The fourth-order valence-electron chi connectivity index (χ4n) is 2.68. The number of anilines is 1. The Balaban J connectivity index is 2.09. The van der Waals surface area contributed by atoms with E-state index < -0.39 is 0 Å². The van der Waals surface area contributed by atoms with Gasteiger partial charge in [0.25, 0.3) is 5.91 Å². The summed E-state index contributed by atoms with van der Waals surface area (Å²) in [6.45, 7) is 1.89. The molecule has 1 heterocycles. The average Bonchev–Trinajstić information content (AvgIpc) is 2.48. The van der Waals surface area contributed by atoms with E-state index in [0.29, 0.717) is 28.3 Å². The molecular weight excluding hydrogens is 286 g/mol. The molecule has 4 heteroatoms. The van der Waals surface area contributed by atoms with Crippen LogP contribution in [0.5, 0.6) is 0 Å². The van der Waals surface area contributed by atoms with E-state index in [1.54, 1.807) is 35.2 Å². The van der Waals surface area contributed by atoms with Crippen molar-refractivity contribution in [2.45, 2.75) is 19.4 Å². The van der Waals surface area contributed by atoms with Crippen molar-refractivity contribution in [2.75, 3.05) is 4.90 Å². The van der Waals surface area contributed by atoms with Crippen LogP contribution < -0.4 is 4.90 Å². The Morgan fingerprint density at radius 2 is 1.90 bits per heavy atom. The molecule has 0 saturated heterocycles. The van der Waals surface area contributed by atoms with Crippen LogP contribution >= 0.6 is 11.6 Å². The summed E-state index contributed by atoms with van der Waals surface area (Å²) in [5.74, 6) is -0.0729. The van der Waals surface area contributed by atoms with Gasteiger partial charge in [0.15, 0.2) is 5.78 Å². The highest BCUT2D eigenvalue weighted by Crippen LogP contribution is 2.33. The fraction of sp³-hybridized carbons (Fsp3) is 0.176. The molecular formula is C17H14ClNO2. The highest BCUT2D eigenvalue weighted by Gasteiger charge is 2.33. The topological polar surface area (TPSA) is 37.4 Å². The second-order valence-corrected chi connectivity index (χ2v) is 5.62. The molecule has 0 bridgehead atoms. The molecule has 0 spiro atoms. The largest absolute Gasteiger partial charge is 0.304 e. The van der Waals surface area contributed by atoms with E-state index in [1.807, 2.05) is 25.1 Å². The van der Waals surface area contributed by atoms with Crippen molar-refractivity contribution in [1.82, 2.24) is 0 Å². The highest BCUT2D eigenvalue weighted by atomic mass is 35.5. The number of carbonyl (C=O) groups is 2. The maximum absolute atomic E-state index is 12.7. The van der Waals surface area contributed by atoms with Crippen LogP contribution in [-0.4, -0.2) is 17.7 Å². The molecule has 21 heavy (non-hydrogen) atoms. The molecule has 1 unspecified atom stereocenters. The summed E-state index contributed by atoms with van der Waals surface area (Å²) in [4.78, 5) is 26.6. The van der Waals surface area contributed by atoms with Crippen molar-refractivity contribution >= 4 is 29.0 Å². The smallest absolute Gasteiger partial charge is 0.258 e. The molecule has 106 valence electrons. The number of nitrogens with zero attached hydrogens (tertiary/aromatic N) is 1. The van der Waals surface area contributed by atoms with Gasteiger partial charge in [0, 0.05) is 28.6 Å². The van der Waals surface area contributed by atoms with Gasteiger partial charge in [-0.05, 0) is 37.3 Å². The summed E-state index contributed by atoms with van der Waals surface area (Å²) in [7, 11) is 0. The van der Waals surface area contributed by atoms with Crippen LogP contribution in [0.15, 0.2) is 48.5 Å². The molecule has 1 aliphatic heterocycles. The van der Waals surface area contributed by atoms with Gasteiger partial charge >= 0.3 is 0 Å². The van der Waals surface area contributed by atoms with Crippen molar-refractivity contribution < 1.29 is 9.59 Å². The van der Waals surface area contributed by atoms with Crippen molar-refractivity contribution in [2.24, 2.45) is 0 Å². The first-order chi connectivity index (χ1) is 10.1. The third kappa shape index (κ3) is 2.45. The number of fused-ring (bicyclic) bond motifs is 1. The number of rotatable bonds is 1. The summed E-state index contributed by atoms with van der Waals surface area (Å²) < 4.78 is 0. The zero-order valence-electron chi connectivity index (χ0n) is 11.5. The average molecular weight is 300 g/mol. The van der Waals surface area contributed by atoms with E-state index in [9.17, 15) is 9.59 Å². The van der Waals surface area contributed by atoms with E-state index in [1.165, 1.54) is 0 Å². The fourth-order valence-corrected chi connectivity index (χ4v) is 2.85. The van der Waals surface area contributed by atoms with Crippen LogP contribution in [-0.2, 0) is 0 Å². The number of hydrogen-bond acceptors (Lipinski definition) is 2. The molecule has 3 nitrogen and oxygen atoms in total. The lowest BCUT2D eigenvalue weighted by Gasteiger charge is -2.34. The molecule has 0 fully saturated rings. The molecule has 0 saturated carbocycles. The molecule has 0 radical (unpaired) electrons. The number of amides is 1. The number of halogens is 1. The van der Waals surface area contributed by atoms with Crippen molar-refractivity contribution in [3.05, 3.63) is 64.7 Å². The maximum atomic E-state index is 12.7. The second-order valence-electron chi connectivity index (χ2n) is 5.18. The van der Waals surface area contributed by atoms with Gasteiger partial charge in [-0.1, -0.05) is 29.8 Å². The van der Waals surface area contributed by atoms with Crippen LogP contribution in [0, 0.1) is 0 Å². The first kappa shape index (κ1) is 13.8. The van der Waals surface area contributed by atoms with Crippen LogP contribution in [0.1, 0.15) is 34.1 Å². The standard InChI is InChI=1S/C17H14ClNO2/c1-11-9-16(20)14-10-13(18)7-8-15(14)19(11)17(21)12-5-3-2-4-6-12/h2-8,10-11H,9H2,1H3. The number of benzene rings is 2. The Hall–Kier alpha value is -2.13. The summed E-state index contributed by atoms with van der Waals surface area (Å²) >= 11 is 5.97. The summed E-state index contributed by atoms with van der Waals surface area (Å²) in [6.07, 6.45) is 0.311. The molecule has 1 aliphatic rings. The Kier molecular flexibility index (Phi) is 3.52. The van der Waals surface area contributed by atoms with E-state index in [2.05, 4.69) is 0 Å². The first-order valence-corrected chi connectivity index (χ1v) is 7.17. The lowest BCUT2D eigenvalue weighted by molar-refractivity contribution is 0.0936. The monoisotopic (exact) mass is 299 g/mol. The number of carbonyl (C=O) groups excluding carboxylic acids is 2. The van der Waals surface area contributed by atoms with Gasteiger partial charge in [-0.25, -0.2) is 0 Å². The molecule has 0 aromatic heterocycles. The van der Waals surface area contributed by atoms with E-state index in [0.717, 1.165) is 0 Å². The molecule has 0 N–H and O–H groups in total. The number of Topliss-reactive ketones (excluding diaryl/α,β-unsaturated/α-hetero) is 1. The van der Waals surface area contributed by atoms with Gasteiger partial charge in [-0.3, -0.25) is 9.59 Å². The van der Waals surface area contributed by atoms with E-state index >= 15 is 0 Å². The van der Waals surface area contributed by atoms with Crippen molar-refractivity contribution in [3.63, 3.8) is 0 Å². The van der Waals surface area contributed by atoms with Crippen molar-refractivity contribution in [3.8, 4) is 0 Å². The zero-order valence-corrected chi connectivity index (χ0v) is 12.3. The Morgan fingerprint density at radius 1 is 1.19 bits per heavy atom. The SMILES string of the molecule is CC1CC(=O)c2cc(Cl)ccc2N1C(=O)c1ccccc1. The van der Waals surface area contributed by atoms with Gasteiger partial charge in [0.2, 0.25) is 0 Å². The van der Waals surface area contributed by atoms with Crippen molar-refractivity contribution in [1.29, 1.82) is 0 Å². The molecule has 0 aliphatic carbocycles. The predicted molar refractivity (Wildman–Crippen MR) is 83.1 cm³/mol. The van der Waals surface area contributed by atoms with Gasteiger partial charge in [0.05, 0.1) is 5.69 Å². The van der Waals surface area contributed by atoms with Gasteiger partial charge in [-0.15, -0.1) is 0 Å². The zero-order chi connectivity index (χ0) is 15.0. The second kappa shape index (κ2) is 5.34. The molecule has 2 aromatic carbocycles. The minimum Gasteiger partial charge on any atom is -0.304 e. The summed E-state index contributed by atoms with van der Waals surface area (Å²) in [6, 6.07) is 14.0.